The summed E-state index contributed by atoms with van der Waals surface area (Å²) in [6.07, 6.45) is 2.28. The van der Waals surface area contributed by atoms with Crippen LogP contribution in [0.3, 0.4) is 0 Å². The van der Waals surface area contributed by atoms with Crippen LogP contribution >= 0.6 is 27.3 Å². The topological polar surface area (TPSA) is 12.0 Å². The standard InChI is InChI=1S/C15H17BrFNS/c1-3-4-13(18-2)15-8-7-14(19-15)10-5-6-12(17)11(16)9-10/h5-9,13,18H,3-4H2,1-2H3. The molecule has 0 bridgehead atoms. The average Bonchev–Trinajstić information content (AvgIpc) is 2.88. The molecule has 4 heteroatoms. The quantitative estimate of drug-likeness (QED) is 0.769. The molecule has 0 amide bonds. The van der Waals surface area contributed by atoms with Crippen LogP contribution in [-0.4, -0.2) is 7.05 Å². The Kier molecular flexibility index (Phi) is 5.13. The first-order valence-corrected chi connectivity index (χ1v) is 7.99. The van der Waals surface area contributed by atoms with Crippen LogP contribution in [0, 0.1) is 5.82 Å². The maximum Gasteiger partial charge on any atom is 0.137 e. The summed E-state index contributed by atoms with van der Waals surface area (Å²) in [5.74, 6) is -0.223. The first-order chi connectivity index (χ1) is 9.15. The molecule has 102 valence electrons. The third kappa shape index (κ3) is 3.44. The van der Waals surface area contributed by atoms with Crippen molar-refractivity contribution in [2.45, 2.75) is 25.8 Å². The Balaban J connectivity index is 2.27. The minimum atomic E-state index is -0.223. The Hall–Kier alpha value is -0.710. The molecule has 0 saturated heterocycles. The first kappa shape index (κ1) is 14.7. The number of hydrogen-bond donors (Lipinski definition) is 1. The summed E-state index contributed by atoms with van der Waals surface area (Å²) < 4.78 is 13.8. The molecule has 0 radical (unpaired) electrons. The highest BCUT2D eigenvalue weighted by molar-refractivity contribution is 9.10. The van der Waals surface area contributed by atoms with Crippen molar-refractivity contribution in [1.29, 1.82) is 0 Å². The van der Waals surface area contributed by atoms with E-state index in [1.807, 2.05) is 19.2 Å². The lowest BCUT2D eigenvalue weighted by Crippen LogP contribution is -2.14. The van der Waals surface area contributed by atoms with Crippen molar-refractivity contribution in [1.82, 2.24) is 5.32 Å². The highest BCUT2D eigenvalue weighted by Crippen LogP contribution is 2.34. The minimum Gasteiger partial charge on any atom is -0.312 e. The van der Waals surface area contributed by atoms with E-state index >= 15 is 0 Å². The van der Waals surface area contributed by atoms with Crippen molar-refractivity contribution in [2.24, 2.45) is 0 Å². The predicted octanol–water partition coefficient (Wildman–Crippen LogP) is 5.38. The Morgan fingerprint density at radius 2 is 2.11 bits per heavy atom. The molecule has 2 rings (SSSR count). The van der Waals surface area contributed by atoms with Gasteiger partial charge in [-0.3, -0.25) is 0 Å². The summed E-state index contributed by atoms with van der Waals surface area (Å²) in [6.45, 7) is 2.19. The van der Waals surface area contributed by atoms with Crippen LogP contribution in [0.2, 0.25) is 0 Å². The van der Waals surface area contributed by atoms with Crippen LogP contribution in [0.1, 0.15) is 30.7 Å². The third-order valence-corrected chi connectivity index (χ3v) is 4.96. The molecule has 1 aromatic carbocycles. The second-order valence-electron chi connectivity index (χ2n) is 4.46. The Morgan fingerprint density at radius 3 is 2.74 bits per heavy atom. The normalized spacial score (nSPS) is 12.6. The second-order valence-corrected chi connectivity index (χ2v) is 6.43. The van der Waals surface area contributed by atoms with Crippen molar-refractivity contribution in [2.75, 3.05) is 7.05 Å². The molecular formula is C15H17BrFNS. The molecule has 0 aliphatic rings. The van der Waals surface area contributed by atoms with E-state index in [0.29, 0.717) is 10.5 Å². The summed E-state index contributed by atoms with van der Waals surface area (Å²) >= 11 is 5.00. The molecule has 1 atom stereocenters. The van der Waals surface area contributed by atoms with Gasteiger partial charge in [0.05, 0.1) is 4.47 Å². The monoisotopic (exact) mass is 341 g/mol. The van der Waals surface area contributed by atoms with Gasteiger partial charge in [0.2, 0.25) is 0 Å². The van der Waals surface area contributed by atoms with Crippen molar-refractivity contribution < 1.29 is 4.39 Å². The zero-order valence-electron chi connectivity index (χ0n) is 11.0. The molecule has 1 N–H and O–H groups in total. The lowest BCUT2D eigenvalue weighted by molar-refractivity contribution is 0.550. The first-order valence-electron chi connectivity index (χ1n) is 6.38. The third-order valence-electron chi connectivity index (χ3n) is 3.10. The Morgan fingerprint density at radius 1 is 1.32 bits per heavy atom. The summed E-state index contributed by atoms with van der Waals surface area (Å²) in [5.41, 5.74) is 1.05. The summed E-state index contributed by atoms with van der Waals surface area (Å²) in [4.78, 5) is 2.51. The molecule has 0 aliphatic heterocycles. The lowest BCUT2D eigenvalue weighted by atomic mass is 10.1. The summed E-state index contributed by atoms with van der Waals surface area (Å²) in [7, 11) is 1.99. The van der Waals surface area contributed by atoms with E-state index in [0.717, 1.165) is 18.4 Å². The summed E-state index contributed by atoms with van der Waals surface area (Å²) in [5, 5.41) is 3.35. The second kappa shape index (κ2) is 6.64. The number of benzene rings is 1. The van der Waals surface area contributed by atoms with Gasteiger partial charge >= 0.3 is 0 Å². The van der Waals surface area contributed by atoms with Crippen LogP contribution in [0.5, 0.6) is 0 Å². The lowest BCUT2D eigenvalue weighted by Gasteiger charge is -2.12. The summed E-state index contributed by atoms with van der Waals surface area (Å²) in [6, 6.07) is 9.84. The van der Waals surface area contributed by atoms with E-state index in [9.17, 15) is 4.39 Å². The SMILES string of the molecule is CCCC(NC)c1ccc(-c2ccc(F)c(Br)c2)s1. The molecular weight excluding hydrogens is 325 g/mol. The van der Waals surface area contributed by atoms with Crippen LogP contribution in [0.25, 0.3) is 10.4 Å². The van der Waals surface area contributed by atoms with E-state index < -0.39 is 0 Å². The molecule has 1 aromatic heterocycles. The molecule has 0 aliphatic carbocycles. The van der Waals surface area contributed by atoms with Crippen molar-refractivity contribution in [3.8, 4) is 10.4 Å². The fourth-order valence-corrected chi connectivity index (χ4v) is 3.59. The van der Waals surface area contributed by atoms with E-state index in [1.54, 1.807) is 11.3 Å². The molecule has 0 fully saturated rings. The van der Waals surface area contributed by atoms with Gasteiger partial charge in [0.15, 0.2) is 0 Å². The predicted molar refractivity (Wildman–Crippen MR) is 84.1 cm³/mol. The highest BCUT2D eigenvalue weighted by atomic mass is 79.9. The number of thiophene rings is 1. The molecule has 0 saturated carbocycles. The molecule has 1 nitrogen and oxygen atoms in total. The van der Waals surface area contributed by atoms with E-state index in [4.69, 9.17) is 0 Å². The van der Waals surface area contributed by atoms with Gasteiger partial charge in [0, 0.05) is 15.8 Å². The van der Waals surface area contributed by atoms with Gasteiger partial charge in [-0.05, 0) is 59.2 Å². The average molecular weight is 342 g/mol. The van der Waals surface area contributed by atoms with Gasteiger partial charge in [0.25, 0.3) is 0 Å². The fourth-order valence-electron chi connectivity index (χ4n) is 2.06. The maximum absolute atomic E-state index is 13.2. The van der Waals surface area contributed by atoms with Gasteiger partial charge in [-0.15, -0.1) is 11.3 Å². The molecule has 2 aromatic rings. The van der Waals surface area contributed by atoms with Crippen LogP contribution in [-0.2, 0) is 0 Å². The van der Waals surface area contributed by atoms with Crippen molar-refractivity contribution >= 4 is 27.3 Å². The van der Waals surface area contributed by atoms with Crippen molar-refractivity contribution in [3.63, 3.8) is 0 Å². The van der Waals surface area contributed by atoms with Crippen LogP contribution in [0.15, 0.2) is 34.8 Å². The Labute approximate surface area is 126 Å². The smallest absolute Gasteiger partial charge is 0.137 e. The van der Waals surface area contributed by atoms with Gasteiger partial charge in [0.1, 0.15) is 5.82 Å². The fraction of sp³-hybridized carbons (Fsp3) is 0.333. The number of hydrogen-bond acceptors (Lipinski definition) is 2. The maximum atomic E-state index is 13.2. The minimum absolute atomic E-state index is 0.223. The van der Waals surface area contributed by atoms with Crippen LogP contribution in [0.4, 0.5) is 4.39 Å². The van der Waals surface area contributed by atoms with Crippen LogP contribution < -0.4 is 5.32 Å². The molecule has 1 heterocycles. The zero-order chi connectivity index (χ0) is 13.8. The van der Waals surface area contributed by atoms with Crippen molar-refractivity contribution in [3.05, 3.63) is 45.5 Å². The molecule has 19 heavy (non-hydrogen) atoms. The van der Waals surface area contributed by atoms with E-state index in [2.05, 4.69) is 40.3 Å². The largest absolute Gasteiger partial charge is 0.312 e. The van der Waals surface area contributed by atoms with E-state index in [-0.39, 0.29) is 5.82 Å². The molecule has 1 unspecified atom stereocenters. The molecule has 0 spiro atoms. The number of rotatable bonds is 5. The van der Waals surface area contributed by atoms with Gasteiger partial charge in [-0.1, -0.05) is 19.4 Å². The highest BCUT2D eigenvalue weighted by Gasteiger charge is 2.12. The van der Waals surface area contributed by atoms with Gasteiger partial charge in [-0.25, -0.2) is 4.39 Å². The van der Waals surface area contributed by atoms with Gasteiger partial charge in [-0.2, -0.15) is 0 Å². The number of halogens is 2. The zero-order valence-corrected chi connectivity index (χ0v) is 13.4. The number of nitrogens with one attached hydrogen (secondary N) is 1. The van der Waals surface area contributed by atoms with E-state index in [1.165, 1.54) is 15.8 Å². The van der Waals surface area contributed by atoms with Gasteiger partial charge < -0.3 is 5.32 Å². The Bertz CT molecular complexity index is 553.